The molecule has 6 heteroatoms. The molecule has 0 unspecified atom stereocenters. The van der Waals surface area contributed by atoms with Gasteiger partial charge >= 0.3 is 0 Å². The van der Waals surface area contributed by atoms with Crippen LogP contribution in [0.25, 0.3) is 0 Å². The Morgan fingerprint density at radius 3 is 2.09 bits per heavy atom. The highest BCUT2D eigenvalue weighted by Gasteiger charge is 2.35. The lowest BCUT2D eigenvalue weighted by molar-refractivity contribution is -0.114. The molecule has 0 radical (unpaired) electrons. The second-order valence-corrected chi connectivity index (χ2v) is 5.02. The number of carbonyl (C=O) groups excluding carboxylic acids is 3. The Morgan fingerprint density at radius 1 is 1.00 bits per heavy atom. The van der Waals surface area contributed by atoms with Gasteiger partial charge in [-0.3, -0.25) is 14.4 Å². The van der Waals surface area contributed by atoms with Crippen LogP contribution in [0.2, 0.25) is 0 Å². The molecule has 1 N–H and O–H groups in total. The Bertz CT molecular complexity index is 790. The second-order valence-electron chi connectivity index (χ2n) is 5.02. The average Bonchev–Trinajstić information content (AvgIpc) is 2.78. The minimum Gasteiger partial charge on any atom is -0.326 e. The molecule has 1 aliphatic heterocycles. The number of anilines is 1. The van der Waals surface area contributed by atoms with E-state index in [9.17, 15) is 14.4 Å². The average molecular weight is 307 g/mol. The number of rotatable bonds is 3. The first-order chi connectivity index (χ1) is 11.1. The van der Waals surface area contributed by atoms with Crippen molar-refractivity contribution >= 4 is 29.6 Å². The van der Waals surface area contributed by atoms with Crippen molar-refractivity contribution < 1.29 is 14.4 Å². The number of hydrogen-bond donors (Lipinski definition) is 1. The van der Waals surface area contributed by atoms with E-state index in [0.717, 1.165) is 5.01 Å². The third kappa shape index (κ3) is 2.87. The Balaban J connectivity index is 1.77. The zero-order valence-electron chi connectivity index (χ0n) is 12.3. The third-order valence-corrected chi connectivity index (χ3v) is 3.33. The fraction of sp³-hybridized carbons (Fsp3) is 0.0588. The minimum atomic E-state index is -0.434. The van der Waals surface area contributed by atoms with E-state index < -0.39 is 11.8 Å². The van der Waals surface area contributed by atoms with Crippen molar-refractivity contribution in [3.8, 4) is 0 Å². The molecule has 0 saturated carbocycles. The molecule has 0 aromatic heterocycles. The zero-order valence-corrected chi connectivity index (χ0v) is 12.3. The van der Waals surface area contributed by atoms with Crippen LogP contribution in [0, 0.1) is 0 Å². The lowest BCUT2D eigenvalue weighted by Crippen LogP contribution is -2.23. The Labute approximate surface area is 132 Å². The largest absolute Gasteiger partial charge is 0.326 e. The molecule has 0 fully saturated rings. The molecule has 0 saturated heterocycles. The van der Waals surface area contributed by atoms with Crippen molar-refractivity contribution in [1.82, 2.24) is 5.01 Å². The molecule has 0 aliphatic carbocycles. The number of amides is 3. The van der Waals surface area contributed by atoms with E-state index in [-0.39, 0.29) is 5.91 Å². The standard InChI is InChI=1S/C17H13N3O3/c1-11(21)19-13-8-6-12(7-9-13)10-18-20-16(22)14-4-2-3-5-15(14)17(20)23/h2-10H,1H3,(H,19,21)/b18-10+. The zero-order chi connectivity index (χ0) is 16.4. The molecule has 2 aromatic rings. The SMILES string of the molecule is CC(=O)Nc1ccc(/C=N/N2C(=O)c3ccccc3C2=O)cc1. The molecule has 3 amide bonds. The van der Waals surface area contributed by atoms with Crippen molar-refractivity contribution in [3.63, 3.8) is 0 Å². The molecular weight excluding hydrogens is 294 g/mol. The second kappa shape index (κ2) is 5.84. The van der Waals surface area contributed by atoms with Crippen molar-refractivity contribution in [2.24, 2.45) is 5.10 Å². The summed E-state index contributed by atoms with van der Waals surface area (Å²) in [6.45, 7) is 1.43. The monoisotopic (exact) mass is 307 g/mol. The number of nitrogens with zero attached hydrogens (tertiary/aromatic N) is 2. The van der Waals surface area contributed by atoms with Crippen LogP contribution in [0.5, 0.6) is 0 Å². The van der Waals surface area contributed by atoms with Gasteiger partial charge in [0.2, 0.25) is 5.91 Å². The predicted molar refractivity (Wildman–Crippen MR) is 85.3 cm³/mol. The fourth-order valence-electron chi connectivity index (χ4n) is 2.26. The van der Waals surface area contributed by atoms with E-state index in [1.807, 2.05) is 0 Å². The van der Waals surface area contributed by atoms with E-state index in [2.05, 4.69) is 10.4 Å². The lowest BCUT2D eigenvalue weighted by Gasteiger charge is -2.06. The number of carbonyl (C=O) groups is 3. The number of imide groups is 1. The third-order valence-electron chi connectivity index (χ3n) is 3.33. The molecule has 1 aliphatic rings. The van der Waals surface area contributed by atoms with E-state index in [4.69, 9.17) is 0 Å². The first-order valence-electron chi connectivity index (χ1n) is 6.96. The van der Waals surface area contributed by atoms with E-state index in [1.165, 1.54) is 13.1 Å². The van der Waals surface area contributed by atoms with Gasteiger partial charge in [-0.2, -0.15) is 10.1 Å². The first-order valence-corrected chi connectivity index (χ1v) is 6.96. The summed E-state index contributed by atoms with van der Waals surface area (Å²) in [5.41, 5.74) is 2.08. The quantitative estimate of drug-likeness (QED) is 0.698. The maximum Gasteiger partial charge on any atom is 0.282 e. The van der Waals surface area contributed by atoms with Gasteiger partial charge in [0.25, 0.3) is 11.8 Å². The van der Waals surface area contributed by atoms with Crippen LogP contribution in [-0.2, 0) is 4.79 Å². The summed E-state index contributed by atoms with van der Waals surface area (Å²) >= 11 is 0. The van der Waals surface area contributed by atoms with Crippen LogP contribution in [0.1, 0.15) is 33.2 Å². The van der Waals surface area contributed by atoms with E-state index in [0.29, 0.717) is 22.4 Å². The molecule has 0 atom stereocenters. The van der Waals surface area contributed by atoms with Crippen LogP contribution < -0.4 is 5.32 Å². The molecule has 1 heterocycles. The number of benzene rings is 2. The molecule has 114 valence electrons. The van der Waals surface area contributed by atoms with Crippen LogP contribution in [0.15, 0.2) is 53.6 Å². The molecule has 0 bridgehead atoms. The molecule has 23 heavy (non-hydrogen) atoms. The van der Waals surface area contributed by atoms with Gasteiger partial charge in [0.1, 0.15) is 0 Å². The van der Waals surface area contributed by atoms with Gasteiger partial charge in [0, 0.05) is 12.6 Å². The number of hydrogen-bond acceptors (Lipinski definition) is 4. The molecule has 3 rings (SSSR count). The highest BCUT2D eigenvalue weighted by molar-refractivity contribution is 6.21. The van der Waals surface area contributed by atoms with Crippen molar-refractivity contribution in [2.75, 3.05) is 5.32 Å². The lowest BCUT2D eigenvalue weighted by atomic mass is 10.1. The number of hydrazone groups is 1. The van der Waals surface area contributed by atoms with Gasteiger partial charge in [0.15, 0.2) is 0 Å². The smallest absolute Gasteiger partial charge is 0.282 e. The van der Waals surface area contributed by atoms with Crippen molar-refractivity contribution in [1.29, 1.82) is 0 Å². The minimum absolute atomic E-state index is 0.155. The van der Waals surface area contributed by atoms with Gasteiger partial charge in [-0.15, -0.1) is 0 Å². The Morgan fingerprint density at radius 2 is 1.57 bits per heavy atom. The van der Waals surface area contributed by atoms with Gasteiger partial charge in [-0.25, -0.2) is 0 Å². The maximum absolute atomic E-state index is 12.1. The van der Waals surface area contributed by atoms with Crippen LogP contribution >= 0.6 is 0 Å². The molecular formula is C17H13N3O3. The van der Waals surface area contributed by atoms with Gasteiger partial charge in [0.05, 0.1) is 17.3 Å². The van der Waals surface area contributed by atoms with Crippen LogP contribution in [-0.4, -0.2) is 28.9 Å². The number of fused-ring (bicyclic) bond motifs is 1. The molecule has 0 spiro atoms. The highest BCUT2D eigenvalue weighted by Crippen LogP contribution is 2.22. The van der Waals surface area contributed by atoms with Crippen LogP contribution in [0.3, 0.4) is 0 Å². The number of nitrogens with one attached hydrogen (secondary N) is 1. The maximum atomic E-state index is 12.1. The summed E-state index contributed by atoms with van der Waals surface area (Å²) in [4.78, 5) is 35.3. The fourth-order valence-corrected chi connectivity index (χ4v) is 2.26. The van der Waals surface area contributed by atoms with Crippen molar-refractivity contribution in [3.05, 3.63) is 65.2 Å². The van der Waals surface area contributed by atoms with Gasteiger partial charge in [-0.1, -0.05) is 24.3 Å². The summed E-state index contributed by atoms with van der Waals surface area (Å²) in [5, 5.41) is 7.49. The van der Waals surface area contributed by atoms with Gasteiger partial charge in [-0.05, 0) is 29.8 Å². The van der Waals surface area contributed by atoms with Crippen LogP contribution in [0.4, 0.5) is 5.69 Å². The highest BCUT2D eigenvalue weighted by atomic mass is 16.2. The normalized spacial score (nSPS) is 13.5. The first kappa shape index (κ1) is 14.6. The molecule has 2 aromatic carbocycles. The summed E-state index contributed by atoms with van der Waals surface area (Å²) in [7, 11) is 0. The summed E-state index contributed by atoms with van der Waals surface area (Å²) in [5.74, 6) is -1.02. The summed E-state index contributed by atoms with van der Waals surface area (Å²) < 4.78 is 0. The van der Waals surface area contributed by atoms with E-state index in [1.54, 1.807) is 48.5 Å². The Hall–Kier alpha value is -3.28. The summed E-state index contributed by atoms with van der Waals surface area (Å²) in [6, 6.07) is 13.5. The Kier molecular flexibility index (Phi) is 3.72. The molecule has 6 nitrogen and oxygen atoms in total. The topological polar surface area (TPSA) is 78.8 Å². The summed E-state index contributed by atoms with van der Waals surface area (Å²) in [6.07, 6.45) is 1.43. The van der Waals surface area contributed by atoms with E-state index >= 15 is 0 Å². The predicted octanol–water partition coefficient (Wildman–Crippen LogP) is 2.28. The van der Waals surface area contributed by atoms with Crippen molar-refractivity contribution in [2.45, 2.75) is 6.92 Å². The van der Waals surface area contributed by atoms with Gasteiger partial charge < -0.3 is 5.32 Å².